The van der Waals surface area contributed by atoms with E-state index in [1.165, 1.54) is 24.1 Å². The molecule has 1 aromatic rings. The molecule has 1 unspecified atom stereocenters. The summed E-state index contributed by atoms with van der Waals surface area (Å²) in [5.41, 5.74) is 0.389. The highest BCUT2D eigenvalue weighted by atomic mass is 16.5. The first-order chi connectivity index (χ1) is 9.02. The SMILES string of the molecule is COc1ccc(O)cc1NC(=O)C1CCC(=O)N1C. The number of hydrogen-bond donors (Lipinski definition) is 2. The third-order valence-corrected chi connectivity index (χ3v) is 3.24. The van der Waals surface area contributed by atoms with E-state index in [9.17, 15) is 14.7 Å². The predicted molar refractivity (Wildman–Crippen MR) is 69.1 cm³/mol. The van der Waals surface area contributed by atoms with Gasteiger partial charge in [0.05, 0.1) is 12.8 Å². The van der Waals surface area contributed by atoms with Crippen molar-refractivity contribution in [2.45, 2.75) is 18.9 Å². The van der Waals surface area contributed by atoms with Gasteiger partial charge in [0.25, 0.3) is 0 Å². The molecule has 6 heteroatoms. The average Bonchev–Trinajstić information content (AvgIpc) is 2.70. The lowest BCUT2D eigenvalue weighted by atomic mass is 10.2. The van der Waals surface area contributed by atoms with E-state index in [-0.39, 0.29) is 17.6 Å². The zero-order valence-electron chi connectivity index (χ0n) is 10.8. The van der Waals surface area contributed by atoms with Crippen molar-refractivity contribution >= 4 is 17.5 Å². The Kier molecular flexibility index (Phi) is 3.59. The molecule has 2 N–H and O–H groups in total. The van der Waals surface area contributed by atoms with Crippen LogP contribution in [0.15, 0.2) is 18.2 Å². The standard InChI is InChI=1S/C13H16N2O4/c1-15-10(4-6-12(15)17)13(18)14-9-7-8(16)3-5-11(9)19-2/h3,5,7,10,16H,4,6H2,1-2H3,(H,14,18). The first kappa shape index (κ1) is 13.2. The van der Waals surface area contributed by atoms with Crippen molar-refractivity contribution in [3.05, 3.63) is 18.2 Å². The Morgan fingerprint density at radius 1 is 1.53 bits per heavy atom. The van der Waals surface area contributed by atoms with Crippen molar-refractivity contribution in [1.82, 2.24) is 4.90 Å². The summed E-state index contributed by atoms with van der Waals surface area (Å²) in [4.78, 5) is 24.9. The van der Waals surface area contributed by atoms with Crippen LogP contribution in [0.25, 0.3) is 0 Å². The van der Waals surface area contributed by atoms with E-state index >= 15 is 0 Å². The molecule has 2 rings (SSSR count). The summed E-state index contributed by atoms with van der Waals surface area (Å²) in [6.07, 6.45) is 0.883. The van der Waals surface area contributed by atoms with E-state index in [1.54, 1.807) is 13.1 Å². The second-order valence-corrected chi connectivity index (χ2v) is 4.43. The molecular formula is C13H16N2O4. The van der Waals surface area contributed by atoms with Crippen molar-refractivity contribution in [3.8, 4) is 11.5 Å². The topological polar surface area (TPSA) is 78.9 Å². The highest BCUT2D eigenvalue weighted by molar-refractivity contribution is 5.99. The van der Waals surface area contributed by atoms with Crippen LogP contribution in [0.4, 0.5) is 5.69 Å². The molecular weight excluding hydrogens is 248 g/mol. The molecule has 0 saturated carbocycles. The third-order valence-electron chi connectivity index (χ3n) is 3.24. The number of aromatic hydroxyl groups is 1. The molecule has 1 atom stereocenters. The Bertz CT molecular complexity index is 515. The number of hydrogen-bond acceptors (Lipinski definition) is 4. The van der Waals surface area contributed by atoms with E-state index in [1.807, 2.05) is 0 Å². The van der Waals surface area contributed by atoms with Gasteiger partial charge in [-0.15, -0.1) is 0 Å². The molecule has 1 fully saturated rings. The zero-order chi connectivity index (χ0) is 14.0. The zero-order valence-corrected chi connectivity index (χ0v) is 10.8. The Balaban J connectivity index is 2.15. The van der Waals surface area contributed by atoms with Crippen molar-refractivity contribution in [2.75, 3.05) is 19.5 Å². The fraction of sp³-hybridized carbons (Fsp3) is 0.385. The van der Waals surface area contributed by atoms with Crippen molar-refractivity contribution in [2.24, 2.45) is 0 Å². The second-order valence-electron chi connectivity index (χ2n) is 4.43. The van der Waals surface area contributed by atoms with Crippen LogP contribution >= 0.6 is 0 Å². The van der Waals surface area contributed by atoms with Crippen LogP contribution in [-0.2, 0) is 9.59 Å². The van der Waals surface area contributed by atoms with Gasteiger partial charge < -0.3 is 20.1 Å². The number of phenols is 1. The van der Waals surface area contributed by atoms with Crippen LogP contribution in [0.3, 0.4) is 0 Å². The van der Waals surface area contributed by atoms with Gasteiger partial charge in [-0.25, -0.2) is 0 Å². The first-order valence-corrected chi connectivity index (χ1v) is 5.96. The van der Waals surface area contributed by atoms with Gasteiger partial charge in [-0.3, -0.25) is 9.59 Å². The molecule has 1 saturated heterocycles. The van der Waals surface area contributed by atoms with Gasteiger partial charge in [-0.1, -0.05) is 0 Å². The highest BCUT2D eigenvalue weighted by Crippen LogP contribution is 2.29. The van der Waals surface area contributed by atoms with Gasteiger partial charge in [-0.2, -0.15) is 0 Å². The van der Waals surface area contributed by atoms with Gasteiger partial charge in [0.1, 0.15) is 17.5 Å². The molecule has 6 nitrogen and oxygen atoms in total. The summed E-state index contributed by atoms with van der Waals surface area (Å²) in [7, 11) is 3.09. The van der Waals surface area contributed by atoms with Crippen LogP contribution in [-0.4, -0.2) is 42.0 Å². The summed E-state index contributed by atoms with van der Waals surface area (Å²) in [6.45, 7) is 0. The molecule has 0 aliphatic carbocycles. The maximum atomic E-state index is 12.1. The van der Waals surface area contributed by atoms with E-state index in [4.69, 9.17) is 4.74 Å². The largest absolute Gasteiger partial charge is 0.508 e. The number of benzene rings is 1. The summed E-state index contributed by atoms with van der Waals surface area (Å²) in [5.74, 6) is 0.172. The number of likely N-dealkylation sites (tertiary alicyclic amines) is 1. The number of anilines is 1. The van der Waals surface area contributed by atoms with Gasteiger partial charge in [0.2, 0.25) is 11.8 Å². The summed E-state index contributed by atoms with van der Waals surface area (Å²) in [5, 5.41) is 12.1. The number of rotatable bonds is 3. The average molecular weight is 264 g/mol. The fourth-order valence-corrected chi connectivity index (χ4v) is 2.12. The van der Waals surface area contributed by atoms with E-state index in [0.717, 1.165) is 0 Å². The van der Waals surface area contributed by atoms with Crippen LogP contribution < -0.4 is 10.1 Å². The van der Waals surface area contributed by atoms with Gasteiger partial charge in [0, 0.05) is 19.5 Å². The quantitative estimate of drug-likeness (QED) is 0.852. The number of nitrogens with zero attached hydrogens (tertiary/aromatic N) is 1. The molecule has 0 radical (unpaired) electrons. The van der Waals surface area contributed by atoms with Crippen LogP contribution in [0.5, 0.6) is 11.5 Å². The molecule has 1 heterocycles. The minimum atomic E-state index is -0.473. The highest BCUT2D eigenvalue weighted by Gasteiger charge is 2.33. The predicted octanol–water partition coefficient (Wildman–Crippen LogP) is 0.960. The summed E-state index contributed by atoms with van der Waals surface area (Å²) >= 11 is 0. The Hall–Kier alpha value is -2.24. The number of methoxy groups -OCH3 is 1. The molecule has 0 spiro atoms. The second kappa shape index (κ2) is 5.17. The van der Waals surface area contributed by atoms with Crippen molar-refractivity contribution in [3.63, 3.8) is 0 Å². The van der Waals surface area contributed by atoms with Crippen LogP contribution in [0.1, 0.15) is 12.8 Å². The lowest BCUT2D eigenvalue weighted by Crippen LogP contribution is -2.38. The Labute approximate surface area is 111 Å². The smallest absolute Gasteiger partial charge is 0.247 e. The van der Waals surface area contributed by atoms with Crippen molar-refractivity contribution < 1.29 is 19.4 Å². The number of carbonyl (C=O) groups excluding carboxylic acids is 2. The molecule has 0 aromatic heterocycles. The Morgan fingerprint density at radius 3 is 2.84 bits per heavy atom. The Morgan fingerprint density at radius 2 is 2.26 bits per heavy atom. The number of ether oxygens (including phenoxy) is 1. The monoisotopic (exact) mass is 264 g/mol. The van der Waals surface area contributed by atoms with E-state index in [2.05, 4.69) is 5.32 Å². The van der Waals surface area contributed by atoms with Gasteiger partial charge in [0.15, 0.2) is 0 Å². The third kappa shape index (κ3) is 2.62. The molecule has 0 bridgehead atoms. The maximum Gasteiger partial charge on any atom is 0.247 e. The minimum Gasteiger partial charge on any atom is -0.508 e. The lowest BCUT2D eigenvalue weighted by Gasteiger charge is -2.19. The van der Waals surface area contributed by atoms with Gasteiger partial charge >= 0.3 is 0 Å². The number of nitrogens with one attached hydrogen (secondary N) is 1. The molecule has 1 aromatic carbocycles. The van der Waals surface area contributed by atoms with Crippen molar-refractivity contribution in [1.29, 1.82) is 0 Å². The number of likely N-dealkylation sites (N-methyl/N-ethyl adjacent to an activating group) is 1. The number of phenolic OH excluding ortho intramolecular Hbond substituents is 1. The summed E-state index contributed by atoms with van der Waals surface area (Å²) in [6, 6.07) is 3.97. The number of carbonyl (C=O) groups is 2. The first-order valence-electron chi connectivity index (χ1n) is 5.96. The maximum absolute atomic E-state index is 12.1. The summed E-state index contributed by atoms with van der Waals surface area (Å²) < 4.78 is 5.11. The molecule has 2 amide bonds. The van der Waals surface area contributed by atoms with E-state index < -0.39 is 6.04 Å². The number of amides is 2. The van der Waals surface area contributed by atoms with Crippen LogP contribution in [0, 0.1) is 0 Å². The molecule has 102 valence electrons. The minimum absolute atomic E-state index is 0.0342. The molecule has 1 aliphatic heterocycles. The normalized spacial score (nSPS) is 18.5. The van der Waals surface area contributed by atoms with Gasteiger partial charge in [-0.05, 0) is 18.6 Å². The molecule has 19 heavy (non-hydrogen) atoms. The lowest BCUT2D eigenvalue weighted by molar-refractivity contribution is -0.131. The molecule has 1 aliphatic rings. The fourth-order valence-electron chi connectivity index (χ4n) is 2.12. The van der Waals surface area contributed by atoms with Crippen LogP contribution in [0.2, 0.25) is 0 Å². The van der Waals surface area contributed by atoms with E-state index in [0.29, 0.717) is 24.3 Å².